The lowest BCUT2D eigenvalue weighted by molar-refractivity contribution is -0.132. The number of hydrogen-bond acceptors (Lipinski definition) is 3. The second-order valence-corrected chi connectivity index (χ2v) is 4.17. The van der Waals surface area contributed by atoms with E-state index in [0.29, 0.717) is 24.8 Å². The maximum atomic E-state index is 10.5. The Hall–Kier alpha value is -0.870. The molecule has 1 aliphatic rings. The van der Waals surface area contributed by atoms with E-state index in [-0.39, 0.29) is 0 Å². The molecule has 0 aliphatic heterocycles. The maximum Gasteiger partial charge on any atom is 0.330 e. The molecule has 1 saturated carbocycles. The Bertz CT molecular complexity index is 245. The summed E-state index contributed by atoms with van der Waals surface area (Å²) in [7, 11) is 0. The number of ether oxygens (including phenoxy) is 1. The van der Waals surface area contributed by atoms with Crippen LogP contribution in [-0.2, 0) is 9.53 Å². The van der Waals surface area contributed by atoms with Gasteiger partial charge >= 0.3 is 5.97 Å². The van der Waals surface area contributed by atoms with Crippen LogP contribution in [0.3, 0.4) is 0 Å². The van der Waals surface area contributed by atoms with Gasteiger partial charge in [-0.3, -0.25) is 0 Å². The van der Waals surface area contributed by atoms with Gasteiger partial charge in [-0.05, 0) is 19.8 Å². The SMILES string of the molecule is CC(=CCNCCOC1CCCC1)C(=O)O. The molecule has 0 heterocycles. The fourth-order valence-corrected chi connectivity index (χ4v) is 1.77. The minimum atomic E-state index is -0.857. The van der Waals surface area contributed by atoms with Crippen molar-refractivity contribution >= 4 is 5.97 Å². The lowest BCUT2D eigenvalue weighted by atomic mass is 10.3. The Balaban J connectivity index is 1.95. The fraction of sp³-hybridized carbons (Fsp3) is 0.750. The lowest BCUT2D eigenvalue weighted by Crippen LogP contribution is -2.22. The van der Waals surface area contributed by atoms with Crippen molar-refractivity contribution in [2.75, 3.05) is 19.7 Å². The molecule has 92 valence electrons. The van der Waals surface area contributed by atoms with Gasteiger partial charge in [-0.2, -0.15) is 0 Å². The van der Waals surface area contributed by atoms with Gasteiger partial charge in [-0.15, -0.1) is 0 Å². The van der Waals surface area contributed by atoms with E-state index in [0.717, 1.165) is 6.54 Å². The molecule has 1 fully saturated rings. The zero-order valence-corrected chi connectivity index (χ0v) is 9.87. The van der Waals surface area contributed by atoms with Crippen LogP contribution in [0.25, 0.3) is 0 Å². The van der Waals surface area contributed by atoms with Gasteiger partial charge in [-0.25, -0.2) is 4.79 Å². The van der Waals surface area contributed by atoms with E-state index in [1.165, 1.54) is 25.7 Å². The Morgan fingerprint density at radius 3 is 2.81 bits per heavy atom. The van der Waals surface area contributed by atoms with Crippen molar-refractivity contribution in [1.29, 1.82) is 0 Å². The number of hydrogen-bond donors (Lipinski definition) is 2. The predicted molar refractivity (Wildman–Crippen MR) is 62.5 cm³/mol. The Morgan fingerprint density at radius 1 is 1.50 bits per heavy atom. The van der Waals surface area contributed by atoms with Gasteiger partial charge in [0.15, 0.2) is 0 Å². The van der Waals surface area contributed by atoms with E-state index < -0.39 is 5.97 Å². The molecule has 4 heteroatoms. The molecule has 0 bridgehead atoms. The summed E-state index contributed by atoms with van der Waals surface area (Å²) in [5.41, 5.74) is 0.379. The third-order valence-electron chi connectivity index (χ3n) is 2.82. The molecule has 4 nitrogen and oxygen atoms in total. The molecule has 1 rings (SSSR count). The number of carbonyl (C=O) groups is 1. The quantitative estimate of drug-likeness (QED) is 0.512. The van der Waals surface area contributed by atoms with Crippen molar-refractivity contribution in [3.8, 4) is 0 Å². The highest BCUT2D eigenvalue weighted by atomic mass is 16.5. The Morgan fingerprint density at radius 2 is 2.19 bits per heavy atom. The van der Waals surface area contributed by atoms with Crippen LogP contribution in [0.1, 0.15) is 32.6 Å². The van der Waals surface area contributed by atoms with Crippen molar-refractivity contribution < 1.29 is 14.6 Å². The highest BCUT2D eigenvalue weighted by Gasteiger charge is 2.14. The summed E-state index contributed by atoms with van der Waals surface area (Å²) in [6, 6.07) is 0. The van der Waals surface area contributed by atoms with Gasteiger partial charge in [0.25, 0.3) is 0 Å². The number of rotatable bonds is 7. The summed E-state index contributed by atoms with van der Waals surface area (Å²) >= 11 is 0. The van der Waals surface area contributed by atoms with E-state index in [1.54, 1.807) is 13.0 Å². The van der Waals surface area contributed by atoms with Gasteiger partial charge in [0.1, 0.15) is 0 Å². The number of aliphatic carboxylic acids is 1. The molecule has 0 atom stereocenters. The molecule has 2 N–H and O–H groups in total. The highest BCUT2D eigenvalue weighted by molar-refractivity contribution is 5.85. The fourth-order valence-electron chi connectivity index (χ4n) is 1.77. The molecule has 0 amide bonds. The monoisotopic (exact) mass is 227 g/mol. The molecule has 1 aliphatic carbocycles. The summed E-state index contributed by atoms with van der Waals surface area (Å²) in [6.45, 7) is 3.68. The first kappa shape index (κ1) is 13.2. The van der Waals surface area contributed by atoms with E-state index in [1.807, 2.05) is 0 Å². The van der Waals surface area contributed by atoms with E-state index in [4.69, 9.17) is 9.84 Å². The van der Waals surface area contributed by atoms with Gasteiger partial charge in [-0.1, -0.05) is 18.9 Å². The molecule has 16 heavy (non-hydrogen) atoms. The van der Waals surface area contributed by atoms with Crippen LogP contribution in [-0.4, -0.2) is 36.9 Å². The van der Waals surface area contributed by atoms with Crippen molar-refractivity contribution in [2.24, 2.45) is 0 Å². The Labute approximate surface area is 96.7 Å². The third-order valence-corrected chi connectivity index (χ3v) is 2.82. The molecular weight excluding hydrogens is 206 g/mol. The lowest BCUT2D eigenvalue weighted by Gasteiger charge is -2.10. The molecule has 0 spiro atoms. The summed E-state index contributed by atoms with van der Waals surface area (Å²) in [5, 5.41) is 11.7. The summed E-state index contributed by atoms with van der Waals surface area (Å²) in [5.74, 6) is -0.857. The Kier molecular flexibility index (Phi) is 6.11. The van der Waals surface area contributed by atoms with E-state index in [2.05, 4.69) is 5.32 Å². The zero-order valence-electron chi connectivity index (χ0n) is 9.87. The number of carboxylic acids is 1. The molecule has 0 aromatic rings. The van der Waals surface area contributed by atoms with Crippen LogP contribution < -0.4 is 5.32 Å². The number of nitrogens with one attached hydrogen (secondary N) is 1. The first-order valence-corrected chi connectivity index (χ1v) is 5.92. The average molecular weight is 227 g/mol. The summed E-state index contributed by atoms with van der Waals surface area (Å²) in [4.78, 5) is 10.5. The van der Waals surface area contributed by atoms with Crippen LogP contribution >= 0.6 is 0 Å². The average Bonchev–Trinajstić information content (AvgIpc) is 2.75. The first-order chi connectivity index (χ1) is 7.70. The first-order valence-electron chi connectivity index (χ1n) is 5.92. The van der Waals surface area contributed by atoms with Crippen LogP contribution in [0, 0.1) is 0 Å². The zero-order chi connectivity index (χ0) is 11.8. The second-order valence-electron chi connectivity index (χ2n) is 4.17. The van der Waals surface area contributed by atoms with Crippen LogP contribution in [0.15, 0.2) is 11.6 Å². The van der Waals surface area contributed by atoms with Crippen molar-refractivity contribution in [1.82, 2.24) is 5.32 Å². The van der Waals surface area contributed by atoms with Crippen LogP contribution in [0.5, 0.6) is 0 Å². The van der Waals surface area contributed by atoms with Gasteiger partial charge in [0, 0.05) is 18.7 Å². The van der Waals surface area contributed by atoms with Crippen LogP contribution in [0.4, 0.5) is 0 Å². The van der Waals surface area contributed by atoms with Crippen molar-refractivity contribution in [2.45, 2.75) is 38.7 Å². The third kappa shape index (κ3) is 5.28. The molecule has 0 radical (unpaired) electrons. The normalized spacial score (nSPS) is 17.9. The smallest absolute Gasteiger partial charge is 0.330 e. The van der Waals surface area contributed by atoms with E-state index >= 15 is 0 Å². The molecule has 0 saturated heterocycles. The number of carboxylic acid groups (broad SMARTS) is 1. The largest absolute Gasteiger partial charge is 0.478 e. The minimum absolute atomic E-state index is 0.379. The topological polar surface area (TPSA) is 58.6 Å². The minimum Gasteiger partial charge on any atom is -0.478 e. The molecule has 0 aromatic heterocycles. The van der Waals surface area contributed by atoms with E-state index in [9.17, 15) is 4.79 Å². The van der Waals surface area contributed by atoms with Crippen LogP contribution in [0.2, 0.25) is 0 Å². The predicted octanol–water partition coefficient (Wildman–Crippen LogP) is 1.57. The maximum absolute atomic E-state index is 10.5. The van der Waals surface area contributed by atoms with Crippen molar-refractivity contribution in [3.63, 3.8) is 0 Å². The van der Waals surface area contributed by atoms with Gasteiger partial charge < -0.3 is 15.2 Å². The van der Waals surface area contributed by atoms with Crippen molar-refractivity contribution in [3.05, 3.63) is 11.6 Å². The second kappa shape index (κ2) is 7.41. The van der Waals surface area contributed by atoms with Gasteiger partial charge in [0.2, 0.25) is 0 Å². The molecular formula is C12H21NO3. The standard InChI is InChI=1S/C12H21NO3/c1-10(12(14)15)6-7-13-8-9-16-11-4-2-3-5-11/h6,11,13H,2-5,7-9H2,1H3,(H,14,15). The summed E-state index contributed by atoms with van der Waals surface area (Å²) in [6.07, 6.45) is 7.10. The molecule has 0 aromatic carbocycles. The summed E-state index contributed by atoms with van der Waals surface area (Å²) < 4.78 is 5.66. The highest BCUT2D eigenvalue weighted by Crippen LogP contribution is 2.20. The molecule has 0 unspecified atom stereocenters. The van der Waals surface area contributed by atoms with Gasteiger partial charge in [0.05, 0.1) is 12.7 Å².